The Kier molecular flexibility index (Phi) is 3.07. The average molecular weight is 286 g/mol. The largest absolute Gasteiger partial charge is 0.0761 e. The topological polar surface area (TPSA) is 0 Å². The zero-order valence-corrected chi connectivity index (χ0v) is 13.5. The molecule has 0 fully saturated rings. The van der Waals surface area contributed by atoms with E-state index in [9.17, 15) is 0 Å². The van der Waals surface area contributed by atoms with Gasteiger partial charge in [-0.1, -0.05) is 73.2 Å². The van der Waals surface area contributed by atoms with E-state index in [1.807, 2.05) is 0 Å². The summed E-state index contributed by atoms with van der Waals surface area (Å²) >= 11 is 0. The fourth-order valence-electron chi connectivity index (χ4n) is 4.12. The Bertz CT molecular complexity index is 792. The van der Waals surface area contributed by atoms with E-state index < -0.39 is 0 Å². The molecule has 3 atom stereocenters. The Morgan fingerprint density at radius 1 is 0.864 bits per heavy atom. The van der Waals surface area contributed by atoms with E-state index in [1.54, 1.807) is 0 Å². The number of allylic oxidation sites excluding steroid dienone is 2. The van der Waals surface area contributed by atoms with Crippen molar-refractivity contribution in [1.29, 1.82) is 0 Å². The first kappa shape index (κ1) is 13.6. The molecule has 110 valence electrons. The van der Waals surface area contributed by atoms with E-state index in [2.05, 4.69) is 81.5 Å². The quantitative estimate of drug-likeness (QED) is 0.648. The van der Waals surface area contributed by atoms with Crippen LogP contribution in [0.15, 0.2) is 48.6 Å². The van der Waals surface area contributed by atoms with Crippen LogP contribution in [0.25, 0.3) is 12.2 Å². The molecule has 0 aliphatic heterocycles. The molecule has 0 saturated carbocycles. The van der Waals surface area contributed by atoms with Crippen molar-refractivity contribution < 1.29 is 0 Å². The Balaban J connectivity index is 1.69. The van der Waals surface area contributed by atoms with E-state index in [1.165, 1.54) is 33.4 Å². The third-order valence-corrected chi connectivity index (χ3v) is 5.40. The molecule has 0 radical (unpaired) electrons. The lowest BCUT2D eigenvalue weighted by Gasteiger charge is -2.26. The highest BCUT2D eigenvalue weighted by molar-refractivity contribution is 5.67. The first-order chi connectivity index (χ1) is 10.6. The summed E-state index contributed by atoms with van der Waals surface area (Å²) in [6.07, 6.45) is 9.43. The zero-order valence-electron chi connectivity index (χ0n) is 13.5. The lowest BCUT2D eigenvalue weighted by Crippen LogP contribution is -2.14. The van der Waals surface area contributed by atoms with E-state index in [0.29, 0.717) is 17.8 Å². The summed E-state index contributed by atoms with van der Waals surface area (Å²) in [4.78, 5) is 0. The molecule has 0 aromatic heterocycles. The van der Waals surface area contributed by atoms with Gasteiger partial charge in [-0.2, -0.15) is 0 Å². The second-order valence-electron chi connectivity index (χ2n) is 6.84. The lowest BCUT2D eigenvalue weighted by molar-refractivity contribution is 0.482. The Morgan fingerprint density at radius 2 is 1.64 bits per heavy atom. The minimum absolute atomic E-state index is 0.525. The second kappa shape index (κ2) is 4.98. The third kappa shape index (κ3) is 1.98. The van der Waals surface area contributed by atoms with Crippen molar-refractivity contribution in [2.45, 2.75) is 32.6 Å². The van der Waals surface area contributed by atoms with Gasteiger partial charge in [0.05, 0.1) is 0 Å². The molecule has 0 bridgehead atoms. The van der Waals surface area contributed by atoms with Crippen LogP contribution in [0.3, 0.4) is 0 Å². The molecule has 0 nitrogen and oxygen atoms in total. The standard InChI is InChI=1S/C22H22/c1-14-7-9-21-17(13-14)8-10-19(21)16(3)20-12-11-18-15(2)5-4-6-22(18)20/h4-13,16,19-20H,1-3H3. The molecular formula is C22H22. The van der Waals surface area contributed by atoms with E-state index in [4.69, 9.17) is 0 Å². The predicted molar refractivity (Wildman–Crippen MR) is 95.1 cm³/mol. The minimum atomic E-state index is 0.525. The number of aryl methyl sites for hydroxylation is 2. The van der Waals surface area contributed by atoms with E-state index >= 15 is 0 Å². The summed E-state index contributed by atoms with van der Waals surface area (Å²) in [5.41, 5.74) is 8.57. The fraction of sp³-hybridized carbons (Fsp3) is 0.273. The molecule has 0 saturated heterocycles. The normalized spacial score (nSPS) is 22.7. The molecule has 2 aliphatic rings. The van der Waals surface area contributed by atoms with Crippen LogP contribution >= 0.6 is 0 Å². The maximum atomic E-state index is 2.41. The van der Waals surface area contributed by atoms with E-state index in [0.717, 1.165) is 0 Å². The SMILES string of the molecule is Cc1ccc2c(c1)C=CC2C(C)C1C=Cc2c(C)cccc21. The molecule has 0 heterocycles. The maximum Gasteiger partial charge on any atom is 0.00618 e. The summed E-state index contributed by atoms with van der Waals surface area (Å²) in [5.74, 6) is 1.63. The predicted octanol–water partition coefficient (Wildman–Crippen LogP) is 5.86. The average Bonchev–Trinajstić information content (AvgIpc) is 3.10. The van der Waals surface area contributed by atoms with E-state index in [-0.39, 0.29) is 0 Å². The van der Waals surface area contributed by atoms with Gasteiger partial charge in [0.15, 0.2) is 0 Å². The van der Waals surface area contributed by atoms with Crippen molar-refractivity contribution in [3.63, 3.8) is 0 Å². The fourth-order valence-corrected chi connectivity index (χ4v) is 4.12. The van der Waals surface area contributed by atoms with Crippen LogP contribution in [0.4, 0.5) is 0 Å². The number of benzene rings is 2. The van der Waals surface area contributed by atoms with Crippen LogP contribution in [0, 0.1) is 19.8 Å². The highest BCUT2D eigenvalue weighted by atomic mass is 14.3. The van der Waals surface area contributed by atoms with Gasteiger partial charge < -0.3 is 0 Å². The van der Waals surface area contributed by atoms with Gasteiger partial charge in [-0.25, -0.2) is 0 Å². The number of hydrogen-bond acceptors (Lipinski definition) is 0. The molecule has 2 aromatic carbocycles. The van der Waals surface area contributed by atoms with Gasteiger partial charge in [0.1, 0.15) is 0 Å². The van der Waals surface area contributed by atoms with Crippen LogP contribution in [0.5, 0.6) is 0 Å². The van der Waals surface area contributed by atoms with Crippen molar-refractivity contribution >= 4 is 12.2 Å². The lowest BCUT2D eigenvalue weighted by atomic mass is 9.78. The molecular weight excluding hydrogens is 264 g/mol. The second-order valence-corrected chi connectivity index (χ2v) is 6.84. The van der Waals surface area contributed by atoms with Crippen molar-refractivity contribution in [3.05, 3.63) is 81.9 Å². The number of rotatable bonds is 2. The summed E-state index contributed by atoms with van der Waals surface area (Å²) in [5, 5.41) is 0. The van der Waals surface area contributed by atoms with Gasteiger partial charge in [-0.15, -0.1) is 0 Å². The van der Waals surface area contributed by atoms with Crippen LogP contribution in [-0.4, -0.2) is 0 Å². The Morgan fingerprint density at radius 3 is 2.50 bits per heavy atom. The Labute approximate surface area is 133 Å². The van der Waals surface area contributed by atoms with Crippen molar-refractivity contribution in [1.82, 2.24) is 0 Å². The highest BCUT2D eigenvalue weighted by Gasteiger charge is 2.31. The van der Waals surface area contributed by atoms with Gasteiger partial charge in [0.25, 0.3) is 0 Å². The molecule has 0 spiro atoms. The number of hydrogen-bond donors (Lipinski definition) is 0. The first-order valence-corrected chi connectivity index (χ1v) is 8.21. The smallest absolute Gasteiger partial charge is 0.00618 e. The third-order valence-electron chi connectivity index (χ3n) is 5.40. The van der Waals surface area contributed by atoms with Gasteiger partial charge in [-0.05, 0) is 47.6 Å². The molecule has 22 heavy (non-hydrogen) atoms. The molecule has 4 rings (SSSR count). The highest BCUT2D eigenvalue weighted by Crippen LogP contribution is 2.46. The molecule has 2 aromatic rings. The van der Waals surface area contributed by atoms with Gasteiger partial charge in [0.2, 0.25) is 0 Å². The summed E-state index contributed by atoms with van der Waals surface area (Å²) < 4.78 is 0. The van der Waals surface area contributed by atoms with Crippen LogP contribution in [0.2, 0.25) is 0 Å². The number of fused-ring (bicyclic) bond motifs is 2. The van der Waals surface area contributed by atoms with Crippen molar-refractivity contribution in [2.24, 2.45) is 5.92 Å². The first-order valence-electron chi connectivity index (χ1n) is 8.21. The summed E-state index contributed by atoms with van der Waals surface area (Å²) in [6.45, 7) is 6.78. The van der Waals surface area contributed by atoms with Gasteiger partial charge >= 0.3 is 0 Å². The summed E-state index contributed by atoms with van der Waals surface area (Å²) in [6, 6.07) is 13.6. The monoisotopic (exact) mass is 286 g/mol. The molecule has 2 aliphatic carbocycles. The van der Waals surface area contributed by atoms with Crippen molar-refractivity contribution in [2.75, 3.05) is 0 Å². The molecule has 3 unspecified atom stereocenters. The van der Waals surface area contributed by atoms with Crippen LogP contribution in [0.1, 0.15) is 52.1 Å². The minimum Gasteiger partial charge on any atom is -0.0761 e. The van der Waals surface area contributed by atoms with Crippen LogP contribution in [-0.2, 0) is 0 Å². The molecule has 0 heteroatoms. The molecule has 0 N–H and O–H groups in total. The summed E-state index contributed by atoms with van der Waals surface area (Å²) in [7, 11) is 0. The van der Waals surface area contributed by atoms with Crippen molar-refractivity contribution in [3.8, 4) is 0 Å². The maximum absolute atomic E-state index is 2.41. The van der Waals surface area contributed by atoms with Gasteiger partial charge in [-0.3, -0.25) is 0 Å². The molecule has 0 amide bonds. The zero-order chi connectivity index (χ0) is 15.3. The van der Waals surface area contributed by atoms with Crippen LogP contribution < -0.4 is 0 Å². The van der Waals surface area contributed by atoms with Gasteiger partial charge in [0, 0.05) is 11.8 Å². The Hall–Kier alpha value is -2.08.